The van der Waals surface area contributed by atoms with Crippen LogP contribution in [0.5, 0.6) is 0 Å². The van der Waals surface area contributed by atoms with Crippen molar-refractivity contribution in [3.05, 3.63) is 0 Å². The van der Waals surface area contributed by atoms with Crippen LogP contribution in [0.15, 0.2) is 0 Å². The summed E-state index contributed by atoms with van der Waals surface area (Å²) in [6.45, 7) is 0. The Morgan fingerprint density at radius 3 is 2.50 bits per heavy atom. The predicted molar refractivity (Wildman–Crippen MR) is 29.2 cm³/mol. The minimum Gasteiger partial charge on any atom is -0.359 e. The monoisotopic (exact) mass is 148 g/mol. The number of nitrogens with one attached hydrogen (secondary N) is 2. The molecule has 0 aromatic heterocycles. The molecule has 0 aromatic rings. The molecule has 1 aliphatic rings. The molecule has 0 saturated carbocycles. The number of carbonyl (C=O) groups is 1. The fourth-order valence-corrected chi connectivity index (χ4v) is 0.666. The third kappa shape index (κ3) is 0.868. The first-order chi connectivity index (χ1) is 4.59. The SMILES string of the molecule is COC1NNC(=O)C1(O)O. The molecule has 1 heterocycles. The second kappa shape index (κ2) is 2.17. The summed E-state index contributed by atoms with van der Waals surface area (Å²) < 4.78 is 4.50. The first kappa shape index (κ1) is 7.42. The van der Waals surface area contributed by atoms with E-state index in [4.69, 9.17) is 10.2 Å². The zero-order chi connectivity index (χ0) is 7.78. The third-order valence-corrected chi connectivity index (χ3v) is 1.25. The van der Waals surface area contributed by atoms with Crippen molar-refractivity contribution < 1.29 is 19.7 Å². The van der Waals surface area contributed by atoms with E-state index in [1.54, 1.807) is 0 Å². The van der Waals surface area contributed by atoms with E-state index in [1.807, 2.05) is 5.43 Å². The topological polar surface area (TPSA) is 90.8 Å². The Bertz CT molecular complexity index is 157. The number of hydrazine groups is 1. The Labute approximate surface area is 56.8 Å². The molecule has 0 aliphatic carbocycles. The van der Waals surface area contributed by atoms with Gasteiger partial charge in [0.25, 0.3) is 11.7 Å². The van der Waals surface area contributed by atoms with E-state index in [2.05, 4.69) is 10.2 Å². The summed E-state index contributed by atoms with van der Waals surface area (Å²) in [4.78, 5) is 10.5. The zero-order valence-electron chi connectivity index (χ0n) is 5.29. The maximum Gasteiger partial charge on any atom is 0.298 e. The average molecular weight is 148 g/mol. The highest BCUT2D eigenvalue weighted by molar-refractivity contribution is 5.85. The lowest BCUT2D eigenvalue weighted by Gasteiger charge is -2.17. The van der Waals surface area contributed by atoms with Crippen LogP contribution in [0.2, 0.25) is 0 Å². The average Bonchev–Trinajstić information content (AvgIpc) is 2.10. The summed E-state index contributed by atoms with van der Waals surface area (Å²) in [5.41, 5.74) is 4.22. The molecule has 1 atom stereocenters. The fraction of sp³-hybridized carbons (Fsp3) is 0.750. The molecule has 0 radical (unpaired) electrons. The van der Waals surface area contributed by atoms with Gasteiger partial charge in [-0.25, -0.2) is 5.43 Å². The van der Waals surface area contributed by atoms with Gasteiger partial charge in [0, 0.05) is 7.11 Å². The lowest BCUT2D eigenvalue weighted by atomic mass is 10.2. The summed E-state index contributed by atoms with van der Waals surface area (Å²) in [6, 6.07) is 0. The van der Waals surface area contributed by atoms with E-state index in [-0.39, 0.29) is 0 Å². The van der Waals surface area contributed by atoms with E-state index in [1.165, 1.54) is 7.11 Å². The number of amides is 1. The summed E-state index contributed by atoms with van der Waals surface area (Å²) in [5, 5.41) is 17.8. The Hall–Kier alpha value is -0.690. The van der Waals surface area contributed by atoms with Crippen LogP contribution in [0.3, 0.4) is 0 Å². The van der Waals surface area contributed by atoms with Crippen LogP contribution in [-0.4, -0.2) is 35.2 Å². The van der Waals surface area contributed by atoms with Crippen molar-refractivity contribution in [1.29, 1.82) is 0 Å². The lowest BCUT2D eigenvalue weighted by molar-refractivity contribution is -0.214. The van der Waals surface area contributed by atoms with Gasteiger partial charge in [0.15, 0.2) is 6.23 Å². The van der Waals surface area contributed by atoms with Crippen LogP contribution in [0.25, 0.3) is 0 Å². The molecule has 0 bridgehead atoms. The van der Waals surface area contributed by atoms with Gasteiger partial charge >= 0.3 is 0 Å². The van der Waals surface area contributed by atoms with Crippen molar-refractivity contribution in [2.24, 2.45) is 0 Å². The number of carbonyl (C=O) groups excluding carboxylic acids is 1. The number of ether oxygens (including phenoxy) is 1. The van der Waals surface area contributed by atoms with Crippen molar-refractivity contribution in [3.63, 3.8) is 0 Å². The maximum atomic E-state index is 10.5. The van der Waals surface area contributed by atoms with Gasteiger partial charge in [-0.15, -0.1) is 0 Å². The van der Waals surface area contributed by atoms with Crippen molar-refractivity contribution in [2.75, 3.05) is 7.11 Å². The van der Waals surface area contributed by atoms with Crippen LogP contribution < -0.4 is 10.9 Å². The predicted octanol–water partition coefficient (Wildman–Crippen LogP) is -2.73. The van der Waals surface area contributed by atoms with Gasteiger partial charge in [0.2, 0.25) is 0 Å². The van der Waals surface area contributed by atoms with Crippen LogP contribution in [-0.2, 0) is 9.53 Å². The molecule has 58 valence electrons. The smallest absolute Gasteiger partial charge is 0.298 e. The molecule has 6 heteroatoms. The molecule has 0 aromatic carbocycles. The third-order valence-electron chi connectivity index (χ3n) is 1.25. The maximum absolute atomic E-state index is 10.5. The second-order valence-corrected chi connectivity index (χ2v) is 1.94. The number of hydrogen-bond acceptors (Lipinski definition) is 5. The van der Waals surface area contributed by atoms with Gasteiger partial charge in [-0.1, -0.05) is 0 Å². The quantitative estimate of drug-likeness (QED) is 0.303. The molecule has 1 fully saturated rings. The Morgan fingerprint density at radius 2 is 2.30 bits per heavy atom. The number of methoxy groups -OCH3 is 1. The van der Waals surface area contributed by atoms with Gasteiger partial charge in [-0.05, 0) is 0 Å². The molecular weight excluding hydrogens is 140 g/mol. The zero-order valence-corrected chi connectivity index (χ0v) is 5.29. The van der Waals surface area contributed by atoms with Gasteiger partial charge in [0.05, 0.1) is 0 Å². The summed E-state index contributed by atoms with van der Waals surface area (Å²) in [6.07, 6.45) is -1.11. The standard InChI is InChI=1S/C4H8N2O4/c1-10-3-4(8,9)2(7)5-6-3/h3,6,8-9H,1H3,(H,5,7). The summed E-state index contributed by atoms with van der Waals surface area (Å²) >= 11 is 0. The molecule has 6 nitrogen and oxygen atoms in total. The molecular formula is C4H8N2O4. The Kier molecular flexibility index (Phi) is 1.61. The number of rotatable bonds is 1. The van der Waals surface area contributed by atoms with Crippen LogP contribution in [0, 0.1) is 0 Å². The first-order valence-corrected chi connectivity index (χ1v) is 2.62. The van der Waals surface area contributed by atoms with Crippen molar-refractivity contribution >= 4 is 5.91 Å². The molecule has 1 rings (SSSR count). The minimum atomic E-state index is -2.46. The molecule has 0 spiro atoms. The van der Waals surface area contributed by atoms with E-state index in [9.17, 15) is 4.79 Å². The van der Waals surface area contributed by atoms with E-state index < -0.39 is 17.9 Å². The minimum absolute atomic E-state index is 0.917. The Morgan fingerprint density at radius 1 is 1.70 bits per heavy atom. The first-order valence-electron chi connectivity index (χ1n) is 2.62. The van der Waals surface area contributed by atoms with Crippen LogP contribution in [0.4, 0.5) is 0 Å². The van der Waals surface area contributed by atoms with Gasteiger partial charge in [-0.3, -0.25) is 10.2 Å². The van der Waals surface area contributed by atoms with Crippen molar-refractivity contribution in [3.8, 4) is 0 Å². The van der Waals surface area contributed by atoms with Gasteiger partial charge in [-0.2, -0.15) is 0 Å². The van der Waals surface area contributed by atoms with Gasteiger partial charge in [0.1, 0.15) is 0 Å². The van der Waals surface area contributed by atoms with Crippen molar-refractivity contribution in [1.82, 2.24) is 10.9 Å². The largest absolute Gasteiger partial charge is 0.359 e. The van der Waals surface area contributed by atoms with Crippen LogP contribution >= 0.6 is 0 Å². The van der Waals surface area contributed by atoms with Gasteiger partial charge < -0.3 is 14.9 Å². The van der Waals surface area contributed by atoms with E-state index in [0.717, 1.165) is 0 Å². The molecule has 1 aliphatic heterocycles. The number of aliphatic hydroxyl groups is 2. The number of hydrogen-bond donors (Lipinski definition) is 4. The highest BCUT2D eigenvalue weighted by atomic mass is 16.6. The fourth-order valence-electron chi connectivity index (χ4n) is 0.666. The van der Waals surface area contributed by atoms with Crippen molar-refractivity contribution in [2.45, 2.75) is 12.0 Å². The highest BCUT2D eigenvalue weighted by Gasteiger charge is 2.48. The normalized spacial score (nSPS) is 30.3. The molecule has 1 unspecified atom stereocenters. The highest BCUT2D eigenvalue weighted by Crippen LogP contribution is 2.10. The molecule has 4 N–H and O–H groups in total. The lowest BCUT2D eigenvalue weighted by Crippen LogP contribution is -2.47. The van der Waals surface area contributed by atoms with Crippen LogP contribution in [0.1, 0.15) is 0 Å². The Balaban J connectivity index is 2.73. The van der Waals surface area contributed by atoms with E-state index >= 15 is 0 Å². The summed E-state index contributed by atoms with van der Waals surface area (Å²) in [7, 11) is 1.25. The molecule has 1 saturated heterocycles. The van der Waals surface area contributed by atoms with E-state index in [0.29, 0.717) is 0 Å². The molecule has 10 heavy (non-hydrogen) atoms. The second-order valence-electron chi connectivity index (χ2n) is 1.94. The molecule has 1 amide bonds. The summed E-state index contributed by atoms with van der Waals surface area (Å²) in [5.74, 6) is -3.38.